The molecule has 0 fully saturated rings. The standard InChI is InChI=1S/C24H16BrF4N5O/c1-12-22(13(2)34(33-12)11-14-3-4-15(10-30)19(26)7-14)32-23(35)18-9-21(24(27,28)29)31-20-6-5-16(25)8-17(18)20/h3-9H,11H2,1-2H3,(H,32,35). The normalized spacial score (nSPS) is 11.5. The Hall–Kier alpha value is -3.78. The Kier molecular flexibility index (Phi) is 6.34. The molecule has 0 aliphatic rings. The molecule has 0 spiro atoms. The first-order valence-corrected chi connectivity index (χ1v) is 11.0. The third kappa shape index (κ3) is 4.88. The van der Waals surface area contributed by atoms with Crippen LogP contribution in [0, 0.1) is 31.0 Å². The average Bonchev–Trinajstić information content (AvgIpc) is 3.05. The first kappa shape index (κ1) is 24.3. The van der Waals surface area contributed by atoms with Crippen LogP contribution in [0.15, 0.2) is 46.9 Å². The molecule has 178 valence electrons. The predicted octanol–water partition coefficient (Wildman–Crippen LogP) is 6.14. The number of aromatic nitrogens is 3. The molecule has 0 radical (unpaired) electrons. The van der Waals surface area contributed by atoms with Crippen molar-refractivity contribution in [3.63, 3.8) is 0 Å². The van der Waals surface area contributed by atoms with E-state index in [1.165, 1.54) is 28.9 Å². The Morgan fingerprint density at radius 2 is 1.91 bits per heavy atom. The van der Waals surface area contributed by atoms with Gasteiger partial charge in [0.25, 0.3) is 5.91 Å². The summed E-state index contributed by atoms with van der Waals surface area (Å²) in [5.74, 6) is -1.41. The zero-order chi connectivity index (χ0) is 25.5. The van der Waals surface area contributed by atoms with E-state index >= 15 is 0 Å². The van der Waals surface area contributed by atoms with Crippen LogP contribution >= 0.6 is 15.9 Å². The second kappa shape index (κ2) is 9.11. The Balaban J connectivity index is 1.69. The number of nitrogens with zero attached hydrogens (tertiary/aromatic N) is 4. The molecule has 1 amide bonds. The molecule has 11 heteroatoms. The van der Waals surface area contributed by atoms with Crippen molar-refractivity contribution in [1.29, 1.82) is 5.26 Å². The van der Waals surface area contributed by atoms with E-state index in [9.17, 15) is 22.4 Å². The molecular weight excluding hydrogens is 530 g/mol. The number of halogens is 5. The summed E-state index contributed by atoms with van der Waals surface area (Å²) in [6, 6.07) is 11.1. The molecule has 2 aromatic heterocycles. The topological polar surface area (TPSA) is 83.6 Å². The van der Waals surface area contributed by atoms with E-state index in [0.717, 1.165) is 6.07 Å². The number of hydrogen-bond acceptors (Lipinski definition) is 4. The molecule has 0 atom stereocenters. The molecule has 0 aliphatic heterocycles. The summed E-state index contributed by atoms with van der Waals surface area (Å²) in [5.41, 5.74) is 0.414. The van der Waals surface area contributed by atoms with Crippen molar-refractivity contribution in [2.45, 2.75) is 26.6 Å². The summed E-state index contributed by atoms with van der Waals surface area (Å²) in [7, 11) is 0. The summed E-state index contributed by atoms with van der Waals surface area (Å²) >= 11 is 3.27. The molecule has 0 saturated carbocycles. The van der Waals surface area contributed by atoms with Crippen molar-refractivity contribution in [2.75, 3.05) is 5.32 Å². The number of rotatable bonds is 4. The van der Waals surface area contributed by atoms with Crippen LogP contribution in [0.1, 0.15) is 38.6 Å². The van der Waals surface area contributed by atoms with Gasteiger partial charge in [0.15, 0.2) is 0 Å². The number of nitrogens with one attached hydrogen (secondary N) is 1. The number of carbonyl (C=O) groups is 1. The molecule has 35 heavy (non-hydrogen) atoms. The van der Waals surface area contributed by atoms with Crippen LogP contribution in [0.5, 0.6) is 0 Å². The maximum atomic E-state index is 14.0. The lowest BCUT2D eigenvalue weighted by atomic mass is 10.1. The fourth-order valence-corrected chi connectivity index (χ4v) is 4.03. The number of anilines is 1. The molecular formula is C24H16BrF4N5O. The summed E-state index contributed by atoms with van der Waals surface area (Å²) in [6.45, 7) is 3.48. The number of amides is 1. The summed E-state index contributed by atoms with van der Waals surface area (Å²) in [5, 5.41) is 16.2. The summed E-state index contributed by atoms with van der Waals surface area (Å²) in [6.07, 6.45) is -4.73. The second-order valence-corrected chi connectivity index (χ2v) is 8.71. The highest BCUT2D eigenvalue weighted by Gasteiger charge is 2.34. The molecule has 0 saturated heterocycles. The molecule has 0 bridgehead atoms. The average molecular weight is 546 g/mol. The van der Waals surface area contributed by atoms with Crippen LogP contribution in [0.2, 0.25) is 0 Å². The van der Waals surface area contributed by atoms with Gasteiger partial charge in [0.05, 0.1) is 40.3 Å². The van der Waals surface area contributed by atoms with E-state index < -0.39 is 23.6 Å². The van der Waals surface area contributed by atoms with Gasteiger partial charge in [-0.05, 0) is 55.8 Å². The minimum atomic E-state index is -4.73. The predicted molar refractivity (Wildman–Crippen MR) is 124 cm³/mol. The van der Waals surface area contributed by atoms with Crippen molar-refractivity contribution in [2.24, 2.45) is 0 Å². The zero-order valence-electron chi connectivity index (χ0n) is 18.3. The van der Waals surface area contributed by atoms with Gasteiger partial charge in [-0.3, -0.25) is 9.48 Å². The van der Waals surface area contributed by atoms with E-state index in [4.69, 9.17) is 5.26 Å². The quantitative estimate of drug-likeness (QED) is 0.312. The lowest BCUT2D eigenvalue weighted by Gasteiger charge is -2.13. The Bertz CT molecular complexity index is 1520. The number of alkyl halides is 3. The molecule has 2 aromatic carbocycles. The lowest BCUT2D eigenvalue weighted by Crippen LogP contribution is -2.17. The SMILES string of the molecule is Cc1nn(Cc2ccc(C#N)c(F)c2)c(C)c1NC(=O)c1cc(C(F)(F)F)nc2ccc(Br)cc12. The van der Waals surface area contributed by atoms with Gasteiger partial charge in [-0.2, -0.15) is 23.5 Å². The van der Waals surface area contributed by atoms with E-state index in [-0.39, 0.29) is 28.6 Å². The lowest BCUT2D eigenvalue weighted by molar-refractivity contribution is -0.140. The number of pyridine rings is 1. The fourth-order valence-electron chi connectivity index (χ4n) is 3.66. The van der Waals surface area contributed by atoms with Gasteiger partial charge in [0.2, 0.25) is 0 Å². The largest absolute Gasteiger partial charge is 0.433 e. The molecule has 4 rings (SSSR count). The summed E-state index contributed by atoms with van der Waals surface area (Å²) in [4.78, 5) is 16.8. The van der Waals surface area contributed by atoms with Crippen LogP contribution in [-0.4, -0.2) is 20.7 Å². The van der Waals surface area contributed by atoms with Gasteiger partial charge < -0.3 is 5.32 Å². The van der Waals surface area contributed by atoms with Crippen molar-refractivity contribution in [1.82, 2.24) is 14.8 Å². The highest BCUT2D eigenvalue weighted by molar-refractivity contribution is 9.10. The minimum Gasteiger partial charge on any atom is -0.319 e. The third-order valence-electron chi connectivity index (χ3n) is 5.41. The van der Waals surface area contributed by atoms with Gasteiger partial charge in [-0.15, -0.1) is 0 Å². The molecule has 0 unspecified atom stereocenters. The third-order valence-corrected chi connectivity index (χ3v) is 5.91. The first-order valence-electron chi connectivity index (χ1n) is 10.2. The van der Waals surface area contributed by atoms with E-state index in [2.05, 4.69) is 31.3 Å². The number of fused-ring (bicyclic) bond motifs is 1. The smallest absolute Gasteiger partial charge is 0.319 e. The van der Waals surface area contributed by atoms with E-state index in [1.807, 2.05) is 0 Å². The van der Waals surface area contributed by atoms with Crippen molar-refractivity contribution >= 4 is 38.4 Å². The van der Waals surface area contributed by atoms with Crippen LogP contribution in [0.4, 0.5) is 23.2 Å². The van der Waals surface area contributed by atoms with Crippen LogP contribution in [0.25, 0.3) is 10.9 Å². The number of nitriles is 1. The van der Waals surface area contributed by atoms with Gasteiger partial charge in [-0.25, -0.2) is 9.37 Å². The van der Waals surface area contributed by atoms with Crippen LogP contribution in [-0.2, 0) is 12.7 Å². The number of hydrogen-bond donors (Lipinski definition) is 1. The maximum absolute atomic E-state index is 14.0. The molecule has 4 aromatic rings. The molecule has 0 aliphatic carbocycles. The Morgan fingerprint density at radius 1 is 1.17 bits per heavy atom. The van der Waals surface area contributed by atoms with Gasteiger partial charge in [0, 0.05) is 9.86 Å². The highest BCUT2D eigenvalue weighted by Crippen LogP contribution is 2.32. The monoisotopic (exact) mass is 545 g/mol. The fraction of sp³-hybridized carbons (Fsp3) is 0.167. The Morgan fingerprint density at radius 3 is 2.57 bits per heavy atom. The van der Waals surface area contributed by atoms with Crippen LogP contribution in [0.3, 0.4) is 0 Å². The van der Waals surface area contributed by atoms with E-state index in [0.29, 0.717) is 27.1 Å². The Labute approximate surface area is 205 Å². The number of benzene rings is 2. The number of carbonyl (C=O) groups excluding carboxylic acids is 1. The maximum Gasteiger partial charge on any atom is 0.433 e. The molecule has 2 heterocycles. The summed E-state index contributed by atoms with van der Waals surface area (Å²) < 4.78 is 56.3. The van der Waals surface area contributed by atoms with Crippen molar-refractivity contribution < 1.29 is 22.4 Å². The second-order valence-electron chi connectivity index (χ2n) is 7.80. The molecule has 1 N–H and O–H groups in total. The minimum absolute atomic E-state index is 0.0279. The highest BCUT2D eigenvalue weighted by atomic mass is 79.9. The zero-order valence-corrected chi connectivity index (χ0v) is 19.9. The van der Waals surface area contributed by atoms with Crippen LogP contribution < -0.4 is 5.32 Å². The van der Waals surface area contributed by atoms with Crippen molar-refractivity contribution in [3.8, 4) is 6.07 Å². The molecule has 6 nitrogen and oxygen atoms in total. The van der Waals surface area contributed by atoms with Gasteiger partial charge in [0.1, 0.15) is 17.6 Å². The van der Waals surface area contributed by atoms with E-state index in [1.54, 1.807) is 32.0 Å². The van der Waals surface area contributed by atoms with Gasteiger partial charge >= 0.3 is 6.18 Å². The van der Waals surface area contributed by atoms with Crippen molar-refractivity contribution in [3.05, 3.63) is 86.5 Å². The number of aryl methyl sites for hydroxylation is 1. The van der Waals surface area contributed by atoms with Gasteiger partial charge in [-0.1, -0.05) is 22.0 Å². The first-order chi connectivity index (χ1) is 16.5.